The minimum Gasteiger partial charge on any atom is -0.367 e. The van der Waals surface area contributed by atoms with Gasteiger partial charge in [0.05, 0.1) is 11.0 Å². The van der Waals surface area contributed by atoms with E-state index >= 15 is 0 Å². The number of hydrogen-bond donors (Lipinski definition) is 1. The number of H-pyrrole nitrogens is 1. The monoisotopic (exact) mass is 451 g/mol. The standard InChI is InChI=1S/C28H29N5O/c34-27(22-10-12-24(13-11-22)33-17-14-21-6-1-2-7-23(21)20-33)31-15-5-16-32(19-18-31)28-29-25-8-3-4-9-26(25)30-28/h1-4,6-13H,5,14-20H2,(H,29,30). The van der Waals surface area contributed by atoms with Crippen molar-refractivity contribution >= 4 is 28.6 Å². The van der Waals surface area contributed by atoms with Crippen molar-refractivity contribution in [3.05, 3.63) is 89.5 Å². The van der Waals surface area contributed by atoms with E-state index in [2.05, 4.69) is 51.2 Å². The van der Waals surface area contributed by atoms with Gasteiger partial charge in [-0.05, 0) is 60.4 Å². The first-order valence-electron chi connectivity index (χ1n) is 12.2. The first kappa shape index (κ1) is 20.8. The van der Waals surface area contributed by atoms with Crippen LogP contribution in [0.4, 0.5) is 11.6 Å². The first-order valence-corrected chi connectivity index (χ1v) is 12.2. The van der Waals surface area contributed by atoms with E-state index < -0.39 is 0 Å². The summed E-state index contributed by atoms with van der Waals surface area (Å²) in [4.78, 5) is 28.0. The molecule has 172 valence electrons. The molecule has 1 fully saturated rings. The van der Waals surface area contributed by atoms with Gasteiger partial charge in [-0.3, -0.25) is 4.79 Å². The van der Waals surface area contributed by atoms with Crippen molar-refractivity contribution in [2.45, 2.75) is 19.4 Å². The number of benzene rings is 3. The van der Waals surface area contributed by atoms with Gasteiger partial charge >= 0.3 is 0 Å². The van der Waals surface area contributed by atoms with E-state index in [0.29, 0.717) is 6.54 Å². The molecule has 0 radical (unpaired) electrons. The van der Waals surface area contributed by atoms with Crippen molar-refractivity contribution in [1.82, 2.24) is 14.9 Å². The molecule has 1 N–H and O–H groups in total. The number of aromatic nitrogens is 2. The van der Waals surface area contributed by atoms with E-state index in [-0.39, 0.29) is 5.91 Å². The second-order valence-electron chi connectivity index (χ2n) is 9.20. The van der Waals surface area contributed by atoms with Crippen molar-refractivity contribution in [2.24, 2.45) is 0 Å². The highest BCUT2D eigenvalue weighted by atomic mass is 16.2. The van der Waals surface area contributed by atoms with E-state index in [1.165, 1.54) is 16.8 Å². The van der Waals surface area contributed by atoms with Crippen LogP contribution in [0.1, 0.15) is 27.9 Å². The predicted octanol–water partition coefficient (Wildman–Crippen LogP) is 4.48. The van der Waals surface area contributed by atoms with Crippen LogP contribution in [0.25, 0.3) is 11.0 Å². The molecule has 4 aromatic rings. The van der Waals surface area contributed by atoms with Crippen LogP contribution in [0, 0.1) is 0 Å². The first-order chi connectivity index (χ1) is 16.7. The van der Waals surface area contributed by atoms with Crippen LogP contribution in [0.2, 0.25) is 0 Å². The Morgan fingerprint density at radius 1 is 0.765 bits per heavy atom. The van der Waals surface area contributed by atoms with Gasteiger partial charge in [-0.1, -0.05) is 36.4 Å². The molecule has 1 saturated heterocycles. The topological polar surface area (TPSA) is 55.5 Å². The second-order valence-corrected chi connectivity index (χ2v) is 9.20. The highest BCUT2D eigenvalue weighted by molar-refractivity contribution is 5.94. The van der Waals surface area contributed by atoms with Crippen LogP contribution in [-0.2, 0) is 13.0 Å². The summed E-state index contributed by atoms with van der Waals surface area (Å²) in [5.41, 5.74) is 6.81. The SMILES string of the molecule is O=C(c1ccc(N2CCc3ccccc3C2)cc1)N1CCCN(c2nc3ccccc3[nH]2)CC1. The summed E-state index contributed by atoms with van der Waals surface area (Å²) in [5.74, 6) is 1.00. The summed E-state index contributed by atoms with van der Waals surface area (Å²) in [6, 6.07) is 24.9. The molecule has 0 aliphatic carbocycles. The fraction of sp³-hybridized carbons (Fsp3) is 0.286. The van der Waals surface area contributed by atoms with Gasteiger partial charge in [0.25, 0.3) is 5.91 Å². The van der Waals surface area contributed by atoms with Crippen LogP contribution in [0.5, 0.6) is 0 Å². The molecule has 2 aliphatic rings. The average Bonchev–Trinajstić information content (AvgIpc) is 3.17. The van der Waals surface area contributed by atoms with Gasteiger partial charge in [-0.15, -0.1) is 0 Å². The molecule has 1 aromatic heterocycles. The molecule has 3 aromatic carbocycles. The van der Waals surface area contributed by atoms with Crippen LogP contribution >= 0.6 is 0 Å². The maximum Gasteiger partial charge on any atom is 0.253 e. The number of fused-ring (bicyclic) bond motifs is 2. The Hall–Kier alpha value is -3.80. The summed E-state index contributed by atoms with van der Waals surface area (Å²) in [5, 5.41) is 0. The third-order valence-electron chi connectivity index (χ3n) is 7.07. The van der Waals surface area contributed by atoms with E-state index in [4.69, 9.17) is 4.98 Å². The minimum atomic E-state index is 0.113. The fourth-order valence-electron chi connectivity index (χ4n) is 5.13. The van der Waals surface area contributed by atoms with Crippen molar-refractivity contribution in [3.63, 3.8) is 0 Å². The smallest absolute Gasteiger partial charge is 0.253 e. The lowest BCUT2D eigenvalue weighted by Gasteiger charge is -2.31. The third kappa shape index (κ3) is 4.00. The molecule has 0 atom stereocenters. The molecule has 6 heteroatoms. The number of para-hydroxylation sites is 2. The number of nitrogens with zero attached hydrogens (tertiary/aromatic N) is 4. The maximum atomic E-state index is 13.3. The van der Waals surface area contributed by atoms with E-state index in [9.17, 15) is 4.79 Å². The average molecular weight is 452 g/mol. The summed E-state index contributed by atoms with van der Waals surface area (Å²) in [7, 11) is 0. The van der Waals surface area contributed by atoms with Gasteiger partial charge in [0.15, 0.2) is 0 Å². The normalized spacial score (nSPS) is 16.4. The Balaban J connectivity index is 1.11. The Morgan fingerprint density at radius 3 is 2.41 bits per heavy atom. The number of anilines is 2. The number of imidazole rings is 1. The van der Waals surface area contributed by atoms with Crippen molar-refractivity contribution < 1.29 is 4.79 Å². The summed E-state index contributed by atoms with van der Waals surface area (Å²) < 4.78 is 0. The Morgan fingerprint density at radius 2 is 1.56 bits per heavy atom. The van der Waals surface area contributed by atoms with Gasteiger partial charge in [0.1, 0.15) is 0 Å². The number of carbonyl (C=O) groups excluding carboxylic acids is 1. The fourth-order valence-corrected chi connectivity index (χ4v) is 5.13. The summed E-state index contributed by atoms with van der Waals surface area (Å²) in [6.45, 7) is 5.05. The predicted molar refractivity (Wildman–Crippen MR) is 136 cm³/mol. The van der Waals surface area contributed by atoms with Crippen LogP contribution < -0.4 is 9.80 Å². The Bertz CT molecular complexity index is 1280. The van der Waals surface area contributed by atoms with Crippen LogP contribution in [0.3, 0.4) is 0 Å². The molecule has 0 saturated carbocycles. The number of hydrogen-bond acceptors (Lipinski definition) is 4. The molecular weight excluding hydrogens is 422 g/mol. The summed E-state index contributed by atoms with van der Waals surface area (Å²) >= 11 is 0. The Kier molecular flexibility index (Phi) is 5.41. The van der Waals surface area contributed by atoms with Crippen molar-refractivity contribution in [3.8, 4) is 0 Å². The highest BCUT2D eigenvalue weighted by Gasteiger charge is 2.22. The van der Waals surface area contributed by atoms with Gasteiger partial charge in [0, 0.05) is 50.5 Å². The molecule has 3 heterocycles. The van der Waals surface area contributed by atoms with Crippen LogP contribution in [0.15, 0.2) is 72.8 Å². The number of rotatable bonds is 3. The zero-order chi connectivity index (χ0) is 22.9. The molecule has 0 bridgehead atoms. The van der Waals surface area contributed by atoms with E-state index in [1.807, 2.05) is 41.3 Å². The molecule has 0 unspecified atom stereocenters. The number of nitrogens with one attached hydrogen (secondary N) is 1. The highest BCUT2D eigenvalue weighted by Crippen LogP contribution is 2.25. The summed E-state index contributed by atoms with van der Waals surface area (Å²) in [6.07, 6.45) is 1.99. The van der Waals surface area contributed by atoms with Gasteiger partial charge < -0.3 is 19.7 Å². The number of amides is 1. The van der Waals surface area contributed by atoms with Crippen LogP contribution in [-0.4, -0.2) is 53.5 Å². The second kappa shape index (κ2) is 8.86. The molecular formula is C28H29N5O. The maximum absolute atomic E-state index is 13.3. The van der Waals surface area contributed by atoms with E-state index in [0.717, 1.165) is 68.1 Å². The van der Waals surface area contributed by atoms with Gasteiger partial charge in [0.2, 0.25) is 5.95 Å². The zero-order valence-electron chi connectivity index (χ0n) is 19.3. The zero-order valence-corrected chi connectivity index (χ0v) is 19.3. The molecule has 6 nitrogen and oxygen atoms in total. The minimum absolute atomic E-state index is 0.113. The lowest BCUT2D eigenvalue weighted by Crippen LogP contribution is -2.35. The van der Waals surface area contributed by atoms with Crippen molar-refractivity contribution in [2.75, 3.05) is 42.5 Å². The third-order valence-corrected chi connectivity index (χ3v) is 7.07. The van der Waals surface area contributed by atoms with E-state index in [1.54, 1.807) is 0 Å². The molecule has 2 aliphatic heterocycles. The molecule has 0 spiro atoms. The molecule has 1 amide bonds. The largest absolute Gasteiger partial charge is 0.367 e. The number of aromatic amines is 1. The van der Waals surface area contributed by atoms with Crippen molar-refractivity contribution in [1.29, 1.82) is 0 Å². The molecule has 6 rings (SSSR count). The Labute approximate surface area is 199 Å². The quantitative estimate of drug-likeness (QED) is 0.499. The number of carbonyl (C=O) groups is 1. The molecule has 34 heavy (non-hydrogen) atoms. The van der Waals surface area contributed by atoms with Gasteiger partial charge in [-0.2, -0.15) is 0 Å². The lowest BCUT2D eigenvalue weighted by molar-refractivity contribution is 0.0767. The lowest BCUT2D eigenvalue weighted by atomic mass is 9.99. The van der Waals surface area contributed by atoms with Gasteiger partial charge in [-0.25, -0.2) is 4.98 Å².